The predicted molar refractivity (Wildman–Crippen MR) is 86.5 cm³/mol. The molecule has 0 aliphatic carbocycles. The average Bonchev–Trinajstić information content (AvgIpc) is 2.61. The van der Waals surface area contributed by atoms with Gasteiger partial charge in [-0.2, -0.15) is 0 Å². The second-order valence-corrected chi connectivity index (χ2v) is 4.83. The molecule has 0 aliphatic rings. The molecule has 3 aromatic rings. The smallest absolute Gasteiger partial charge is 0.313 e. The van der Waals surface area contributed by atoms with Crippen LogP contribution in [0, 0.1) is 0 Å². The fourth-order valence-corrected chi connectivity index (χ4v) is 2.15. The summed E-state index contributed by atoms with van der Waals surface area (Å²) in [6, 6.07) is 14.3. The van der Waals surface area contributed by atoms with Crippen LogP contribution in [0.3, 0.4) is 0 Å². The third-order valence-corrected chi connectivity index (χ3v) is 3.26. The third kappa shape index (κ3) is 3.49. The molecular weight excluding hydrogens is 292 g/mol. The Bertz CT molecular complexity index is 844. The molecule has 0 saturated heterocycles. The summed E-state index contributed by atoms with van der Waals surface area (Å²) < 4.78 is 0. The lowest BCUT2D eigenvalue weighted by molar-refractivity contribution is -0.136. The molecule has 2 amide bonds. The fraction of sp³-hybridized carbons (Fsp3) is 0.0588. The van der Waals surface area contributed by atoms with Crippen LogP contribution in [0.1, 0.15) is 5.69 Å². The minimum absolute atomic E-state index is 0.199. The standard InChI is InChI=1S/C17H14N4O2/c22-16(20-11-12-5-1-2-9-18-12)17(23)21-15-8-3-7-14-13(15)6-4-10-19-14/h1-10H,11H2,(H,20,22)(H,21,23). The highest BCUT2D eigenvalue weighted by atomic mass is 16.2. The normalized spacial score (nSPS) is 10.3. The van der Waals surface area contributed by atoms with Crippen LogP contribution < -0.4 is 10.6 Å². The highest BCUT2D eigenvalue weighted by Gasteiger charge is 2.14. The van der Waals surface area contributed by atoms with E-state index in [4.69, 9.17) is 0 Å². The molecule has 0 unspecified atom stereocenters. The summed E-state index contributed by atoms with van der Waals surface area (Å²) in [5.41, 5.74) is 1.98. The number of nitrogens with one attached hydrogen (secondary N) is 2. The molecule has 3 rings (SSSR count). The molecule has 114 valence electrons. The Balaban J connectivity index is 1.67. The second kappa shape index (κ2) is 6.65. The zero-order valence-corrected chi connectivity index (χ0v) is 12.2. The summed E-state index contributed by atoms with van der Waals surface area (Å²) in [5.74, 6) is -1.44. The number of aromatic nitrogens is 2. The Morgan fingerprint density at radius 3 is 2.57 bits per heavy atom. The molecule has 0 fully saturated rings. The highest BCUT2D eigenvalue weighted by molar-refractivity contribution is 6.40. The number of benzene rings is 1. The van der Waals surface area contributed by atoms with Crippen molar-refractivity contribution in [3.05, 3.63) is 66.6 Å². The Labute approximate surface area is 132 Å². The molecule has 2 heterocycles. The van der Waals surface area contributed by atoms with Crippen molar-refractivity contribution >= 4 is 28.4 Å². The van der Waals surface area contributed by atoms with E-state index >= 15 is 0 Å². The third-order valence-electron chi connectivity index (χ3n) is 3.26. The minimum Gasteiger partial charge on any atom is -0.342 e. The first-order valence-electron chi connectivity index (χ1n) is 7.07. The number of rotatable bonds is 3. The Morgan fingerprint density at radius 2 is 1.74 bits per heavy atom. The number of carbonyl (C=O) groups excluding carboxylic acids is 2. The topological polar surface area (TPSA) is 84.0 Å². The molecule has 0 saturated carbocycles. The van der Waals surface area contributed by atoms with Crippen LogP contribution in [0.15, 0.2) is 60.9 Å². The molecule has 6 heteroatoms. The number of amides is 2. The van der Waals surface area contributed by atoms with Crippen LogP contribution in [0.25, 0.3) is 10.9 Å². The summed E-state index contributed by atoms with van der Waals surface area (Å²) in [5, 5.41) is 5.93. The van der Waals surface area contributed by atoms with Crippen LogP contribution in [0.2, 0.25) is 0 Å². The number of fused-ring (bicyclic) bond motifs is 1. The van der Waals surface area contributed by atoms with Gasteiger partial charge in [0.1, 0.15) is 0 Å². The summed E-state index contributed by atoms with van der Waals surface area (Å²) >= 11 is 0. The van der Waals surface area contributed by atoms with E-state index in [0.29, 0.717) is 11.4 Å². The number of hydrogen-bond donors (Lipinski definition) is 2. The lowest BCUT2D eigenvalue weighted by atomic mass is 10.2. The first kappa shape index (κ1) is 14.6. The van der Waals surface area contributed by atoms with Crippen molar-refractivity contribution in [1.82, 2.24) is 15.3 Å². The van der Waals surface area contributed by atoms with E-state index in [-0.39, 0.29) is 6.54 Å². The van der Waals surface area contributed by atoms with Crippen molar-refractivity contribution in [2.75, 3.05) is 5.32 Å². The quantitative estimate of drug-likeness (QED) is 0.724. The maximum Gasteiger partial charge on any atom is 0.313 e. The Kier molecular flexibility index (Phi) is 4.24. The molecule has 2 aromatic heterocycles. The molecule has 0 bridgehead atoms. The zero-order valence-electron chi connectivity index (χ0n) is 12.2. The molecule has 0 atom stereocenters. The van der Waals surface area contributed by atoms with Gasteiger partial charge in [-0.05, 0) is 36.4 Å². The molecule has 2 N–H and O–H groups in total. The Hall–Kier alpha value is -3.28. The SMILES string of the molecule is O=C(NCc1ccccn1)C(=O)Nc1cccc2ncccc12. The minimum atomic E-state index is -0.725. The number of hydrogen-bond acceptors (Lipinski definition) is 4. The van der Waals surface area contributed by atoms with Crippen LogP contribution in [0.4, 0.5) is 5.69 Å². The first-order valence-corrected chi connectivity index (χ1v) is 7.07. The van der Waals surface area contributed by atoms with E-state index in [9.17, 15) is 9.59 Å². The molecule has 0 radical (unpaired) electrons. The van der Waals surface area contributed by atoms with Gasteiger partial charge in [0, 0.05) is 17.8 Å². The van der Waals surface area contributed by atoms with Gasteiger partial charge in [0.05, 0.1) is 23.4 Å². The number of carbonyl (C=O) groups is 2. The van der Waals surface area contributed by atoms with Gasteiger partial charge in [-0.1, -0.05) is 12.1 Å². The van der Waals surface area contributed by atoms with Crippen molar-refractivity contribution < 1.29 is 9.59 Å². The van der Waals surface area contributed by atoms with E-state index in [0.717, 1.165) is 10.9 Å². The van der Waals surface area contributed by atoms with Crippen molar-refractivity contribution in [2.24, 2.45) is 0 Å². The van der Waals surface area contributed by atoms with Crippen LogP contribution in [-0.2, 0) is 16.1 Å². The number of nitrogens with zero attached hydrogens (tertiary/aromatic N) is 2. The van der Waals surface area contributed by atoms with Gasteiger partial charge < -0.3 is 10.6 Å². The van der Waals surface area contributed by atoms with E-state index < -0.39 is 11.8 Å². The number of pyridine rings is 2. The summed E-state index contributed by atoms with van der Waals surface area (Å²) in [6.45, 7) is 0.199. The van der Waals surface area contributed by atoms with Gasteiger partial charge in [0.2, 0.25) is 0 Å². The van der Waals surface area contributed by atoms with Gasteiger partial charge in [-0.25, -0.2) is 0 Å². The van der Waals surface area contributed by atoms with Crippen molar-refractivity contribution in [3.8, 4) is 0 Å². The zero-order chi connectivity index (χ0) is 16.1. The van der Waals surface area contributed by atoms with Gasteiger partial charge in [-0.15, -0.1) is 0 Å². The molecule has 23 heavy (non-hydrogen) atoms. The monoisotopic (exact) mass is 306 g/mol. The van der Waals surface area contributed by atoms with Crippen molar-refractivity contribution in [1.29, 1.82) is 0 Å². The van der Waals surface area contributed by atoms with Gasteiger partial charge in [0.15, 0.2) is 0 Å². The first-order chi connectivity index (χ1) is 11.2. The van der Waals surface area contributed by atoms with Gasteiger partial charge in [-0.3, -0.25) is 19.6 Å². The molecule has 1 aromatic carbocycles. The van der Waals surface area contributed by atoms with Crippen LogP contribution in [0.5, 0.6) is 0 Å². The second-order valence-electron chi connectivity index (χ2n) is 4.83. The largest absolute Gasteiger partial charge is 0.342 e. The van der Waals surface area contributed by atoms with E-state index in [1.54, 1.807) is 42.7 Å². The van der Waals surface area contributed by atoms with Crippen molar-refractivity contribution in [3.63, 3.8) is 0 Å². The van der Waals surface area contributed by atoms with E-state index in [2.05, 4.69) is 20.6 Å². The molecular formula is C17H14N4O2. The molecule has 0 aliphatic heterocycles. The lowest BCUT2D eigenvalue weighted by Crippen LogP contribution is -2.35. The lowest BCUT2D eigenvalue weighted by Gasteiger charge is -2.08. The van der Waals surface area contributed by atoms with Crippen LogP contribution in [-0.4, -0.2) is 21.8 Å². The van der Waals surface area contributed by atoms with Gasteiger partial charge >= 0.3 is 11.8 Å². The highest BCUT2D eigenvalue weighted by Crippen LogP contribution is 2.20. The summed E-state index contributed by atoms with van der Waals surface area (Å²) in [7, 11) is 0. The van der Waals surface area contributed by atoms with Gasteiger partial charge in [0.25, 0.3) is 0 Å². The fourth-order valence-electron chi connectivity index (χ4n) is 2.15. The molecule has 6 nitrogen and oxygen atoms in total. The van der Waals surface area contributed by atoms with Crippen molar-refractivity contribution in [2.45, 2.75) is 6.54 Å². The maximum absolute atomic E-state index is 12.0. The summed E-state index contributed by atoms with van der Waals surface area (Å²) in [6.07, 6.45) is 3.30. The Morgan fingerprint density at radius 1 is 0.870 bits per heavy atom. The van der Waals surface area contributed by atoms with E-state index in [1.807, 2.05) is 18.2 Å². The molecule has 0 spiro atoms. The maximum atomic E-state index is 12.0. The summed E-state index contributed by atoms with van der Waals surface area (Å²) in [4.78, 5) is 32.2. The number of anilines is 1. The average molecular weight is 306 g/mol. The predicted octanol–water partition coefficient (Wildman–Crippen LogP) is 1.88. The van der Waals surface area contributed by atoms with Crippen LogP contribution >= 0.6 is 0 Å². The van der Waals surface area contributed by atoms with E-state index in [1.165, 1.54) is 0 Å².